The third kappa shape index (κ3) is 1.88. The van der Waals surface area contributed by atoms with Crippen molar-refractivity contribution in [3.63, 3.8) is 0 Å². The summed E-state index contributed by atoms with van der Waals surface area (Å²) < 4.78 is 18.5. The van der Waals surface area contributed by atoms with Gasteiger partial charge in [-0.25, -0.2) is 4.39 Å². The maximum absolute atomic E-state index is 13.3. The monoisotopic (exact) mass is 267 g/mol. The molecule has 98 valence electrons. The molecule has 0 saturated heterocycles. The van der Waals surface area contributed by atoms with E-state index >= 15 is 0 Å². The molecule has 2 aromatic carbocycles. The zero-order chi connectivity index (χ0) is 14.1. The highest BCUT2D eigenvalue weighted by molar-refractivity contribution is 5.94. The average Bonchev–Trinajstić information content (AvgIpc) is 2.88. The van der Waals surface area contributed by atoms with E-state index in [1.165, 1.54) is 19.2 Å². The lowest BCUT2D eigenvalue weighted by Crippen LogP contribution is -1.88. The number of benzene rings is 2. The van der Waals surface area contributed by atoms with E-state index in [0.29, 0.717) is 22.6 Å². The summed E-state index contributed by atoms with van der Waals surface area (Å²) >= 11 is 0. The first-order chi connectivity index (χ1) is 9.72. The number of aromatic amines is 1. The first kappa shape index (κ1) is 12.2. The van der Waals surface area contributed by atoms with Crippen LogP contribution in [0.3, 0.4) is 0 Å². The molecular weight excluding hydrogens is 257 g/mol. The van der Waals surface area contributed by atoms with Crippen molar-refractivity contribution in [1.82, 2.24) is 10.2 Å². The predicted molar refractivity (Wildman–Crippen MR) is 72.8 cm³/mol. The second kappa shape index (κ2) is 4.67. The third-order valence-corrected chi connectivity index (χ3v) is 3.10. The van der Waals surface area contributed by atoms with E-state index in [-0.39, 0.29) is 5.82 Å². The second-order valence-electron chi connectivity index (χ2n) is 4.29. The zero-order valence-corrected chi connectivity index (χ0v) is 10.6. The Balaban J connectivity index is 2.26. The summed E-state index contributed by atoms with van der Waals surface area (Å²) in [6.45, 7) is 0. The molecule has 20 heavy (non-hydrogen) atoms. The molecule has 1 aromatic heterocycles. The number of nitrogens with one attached hydrogen (secondary N) is 1. The Hall–Kier alpha value is -2.87. The fourth-order valence-corrected chi connectivity index (χ4v) is 2.16. The lowest BCUT2D eigenvalue weighted by molar-refractivity contribution is 0.414. The largest absolute Gasteiger partial charge is 0.495 e. The van der Waals surface area contributed by atoms with Gasteiger partial charge < -0.3 is 4.74 Å². The van der Waals surface area contributed by atoms with Gasteiger partial charge in [-0.1, -0.05) is 12.1 Å². The molecule has 5 heteroatoms. The SMILES string of the molecule is COc1cc2[nH]nc(-c3cccc(F)c3)c2cc1C#N. The van der Waals surface area contributed by atoms with Gasteiger partial charge in [-0.2, -0.15) is 10.4 Å². The number of aromatic nitrogens is 2. The first-order valence-electron chi connectivity index (χ1n) is 5.95. The van der Waals surface area contributed by atoms with Crippen molar-refractivity contribution in [2.45, 2.75) is 0 Å². The molecule has 3 rings (SSSR count). The van der Waals surface area contributed by atoms with Crippen molar-refractivity contribution in [2.24, 2.45) is 0 Å². The van der Waals surface area contributed by atoms with Gasteiger partial charge in [0.15, 0.2) is 0 Å². The summed E-state index contributed by atoms with van der Waals surface area (Å²) in [5.74, 6) is 0.155. The van der Waals surface area contributed by atoms with Crippen LogP contribution < -0.4 is 4.74 Å². The van der Waals surface area contributed by atoms with Crippen molar-refractivity contribution >= 4 is 10.9 Å². The quantitative estimate of drug-likeness (QED) is 0.775. The number of halogens is 1. The highest BCUT2D eigenvalue weighted by Gasteiger charge is 2.13. The molecule has 0 radical (unpaired) electrons. The Kier molecular flexibility index (Phi) is 2.84. The predicted octanol–water partition coefficient (Wildman–Crippen LogP) is 3.25. The van der Waals surface area contributed by atoms with Crippen LogP contribution in [0.15, 0.2) is 36.4 Å². The van der Waals surface area contributed by atoms with Gasteiger partial charge in [0.2, 0.25) is 0 Å². The Morgan fingerprint density at radius 2 is 2.15 bits per heavy atom. The number of nitrogens with zero attached hydrogens (tertiary/aromatic N) is 2. The highest BCUT2D eigenvalue weighted by Crippen LogP contribution is 2.31. The van der Waals surface area contributed by atoms with Gasteiger partial charge in [-0.3, -0.25) is 5.10 Å². The minimum Gasteiger partial charge on any atom is -0.495 e. The van der Waals surface area contributed by atoms with E-state index in [0.717, 1.165) is 10.9 Å². The average molecular weight is 267 g/mol. The van der Waals surface area contributed by atoms with E-state index in [2.05, 4.69) is 16.3 Å². The fraction of sp³-hybridized carbons (Fsp3) is 0.0667. The molecular formula is C15H10FN3O. The van der Waals surface area contributed by atoms with Gasteiger partial charge in [0.05, 0.1) is 18.2 Å². The molecule has 0 aliphatic carbocycles. The van der Waals surface area contributed by atoms with Crippen LogP contribution >= 0.6 is 0 Å². The molecule has 0 aliphatic heterocycles. The summed E-state index contributed by atoms with van der Waals surface area (Å²) in [6, 6.07) is 11.7. The fourth-order valence-electron chi connectivity index (χ4n) is 2.16. The molecule has 0 unspecified atom stereocenters. The van der Waals surface area contributed by atoms with E-state index in [9.17, 15) is 4.39 Å². The number of nitriles is 1. The Bertz CT molecular complexity index is 833. The van der Waals surface area contributed by atoms with Crippen LogP contribution in [-0.2, 0) is 0 Å². The number of methoxy groups -OCH3 is 1. The Morgan fingerprint density at radius 3 is 2.85 bits per heavy atom. The summed E-state index contributed by atoms with van der Waals surface area (Å²) in [4.78, 5) is 0. The van der Waals surface area contributed by atoms with Crippen LogP contribution in [0.2, 0.25) is 0 Å². The van der Waals surface area contributed by atoms with Gasteiger partial charge in [-0.15, -0.1) is 0 Å². The van der Waals surface area contributed by atoms with E-state index < -0.39 is 0 Å². The number of fused-ring (bicyclic) bond motifs is 1. The van der Waals surface area contributed by atoms with Crippen molar-refractivity contribution in [2.75, 3.05) is 7.11 Å². The molecule has 3 aromatic rings. The van der Waals surface area contributed by atoms with Gasteiger partial charge in [0.25, 0.3) is 0 Å². The molecule has 0 spiro atoms. The first-order valence-corrected chi connectivity index (χ1v) is 5.95. The van der Waals surface area contributed by atoms with Crippen molar-refractivity contribution in [3.05, 3.63) is 47.8 Å². The minimum atomic E-state index is -0.326. The van der Waals surface area contributed by atoms with Crippen LogP contribution in [0, 0.1) is 17.1 Å². The lowest BCUT2D eigenvalue weighted by Gasteiger charge is -2.03. The topological polar surface area (TPSA) is 61.7 Å². The van der Waals surface area contributed by atoms with E-state index in [1.807, 2.05) is 0 Å². The summed E-state index contributed by atoms with van der Waals surface area (Å²) in [7, 11) is 1.51. The molecule has 0 amide bonds. The maximum Gasteiger partial charge on any atom is 0.138 e. The van der Waals surface area contributed by atoms with E-state index in [4.69, 9.17) is 10.00 Å². The third-order valence-electron chi connectivity index (χ3n) is 3.10. The summed E-state index contributed by atoms with van der Waals surface area (Å²) in [5, 5.41) is 17.0. The van der Waals surface area contributed by atoms with Crippen molar-refractivity contribution < 1.29 is 9.13 Å². The molecule has 0 fully saturated rings. The molecule has 0 atom stereocenters. The molecule has 0 saturated carbocycles. The highest BCUT2D eigenvalue weighted by atomic mass is 19.1. The number of hydrogen-bond acceptors (Lipinski definition) is 3. The van der Waals surface area contributed by atoms with Gasteiger partial charge >= 0.3 is 0 Å². The molecule has 0 bridgehead atoms. The number of H-pyrrole nitrogens is 1. The number of rotatable bonds is 2. The Morgan fingerprint density at radius 1 is 1.30 bits per heavy atom. The summed E-state index contributed by atoms with van der Waals surface area (Å²) in [5.41, 5.74) is 2.42. The van der Waals surface area contributed by atoms with Gasteiger partial charge in [-0.05, 0) is 18.2 Å². The second-order valence-corrected chi connectivity index (χ2v) is 4.29. The number of hydrogen-bond donors (Lipinski definition) is 1. The van der Waals surface area contributed by atoms with Gasteiger partial charge in [0.1, 0.15) is 23.3 Å². The van der Waals surface area contributed by atoms with Crippen LogP contribution in [0.5, 0.6) is 5.75 Å². The van der Waals surface area contributed by atoms with Gasteiger partial charge in [0, 0.05) is 17.0 Å². The molecule has 1 heterocycles. The van der Waals surface area contributed by atoms with Crippen LogP contribution in [0.25, 0.3) is 22.2 Å². The van der Waals surface area contributed by atoms with Crippen molar-refractivity contribution in [1.29, 1.82) is 5.26 Å². The molecule has 1 N–H and O–H groups in total. The van der Waals surface area contributed by atoms with Crippen LogP contribution in [-0.4, -0.2) is 17.3 Å². The summed E-state index contributed by atoms with van der Waals surface area (Å²) in [6.07, 6.45) is 0. The molecule has 4 nitrogen and oxygen atoms in total. The standard InChI is InChI=1S/C15H10FN3O/c1-20-14-7-13-12(6-10(14)8-17)15(19-18-13)9-3-2-4-11(16)5-9/h2-7H,1H3,(H,18,19). The Labute approximate surface area is 114 Å². The van der Waals surface area contributed by atoms with E-state index in [1.54, 1.807) is 24.3 Å². The smallest absolute Gasteiger partial charge is 0.138 e. The van der Waals surface area contributed by atoms with Crippen molar-refractivity contribution in [3.8, 4) is 23.1 Å². The minimum absolute atomic E-state index is 0.326. The maximum atomic E-state index is 13.3. The molecule has 0 aliphatic rings. The van der Waals surface area contributed by atoms with Crippen LogP contribution in [0.4, 0.5) is 4.39 Å². The number of ether oxygens (including phenoxy) is 1. The lowest BCUT2D eigenvalue weighted by atomic mass is 10.1. The zero-order valence-electron chi connectivity index (χ0n) is 10.6. The normalized spacial score (nSPS) is 10.4. The van der Waals surface area contributed by atoms with Crippen LogP contribution in [0.1, 0.15) is 5.56 Å².